The highest BCUT2D eigenvalue weighted by molar-refractivity contribution is 5.94. The fraction of sp³-hybridized carbons (Fsp3) is 0.227. The van der Waals surface area contributed by atoms with Crippen molar-refractivity contribution in [1.29, 1.82) is 0 Å². The molecule has 0 saturated carbocycles. The van der Waals surface area contributed by atoms with Gasteiger partial charge in [-0.2, -0.15) is 4.98 Å². The van der Waals surface area contributed by atoms with Crippen LogP contribution in [0.25, 0.3) is 22.4 Å². The summed E-state index contributed by atoms with van der Waals surface area (Å²) < 4.78 is 6.78. The molecule has 0 radical (unpaired) electrons. The number of H-pyrrole nitrogens is 1. The third-order valence-electron chi connectivity index (χ3n) is 4.89. The van der Waals surface area contributed by atoms with Crippen molar-refractivity contribution >= 4 is 16.9 Å². The lowest BCUT2D eigenvalue weighted by Gasteiger charge is -2.13. The second-order valence-corrected chi connectivity index (χ2v) is 7.47. The van der Waals surface area contributed by atoms with Gasteiger partial charge in [-0.25, -0.2) is 0 Å². The number of nitrogens with zero attached hydrogens (tertiary/aromatic N) is 3. The van der Waals surface area contributed by atoms with Gasteiger partial charge in [-0.05, 0) is 51.1 Å². The van der Waals surface area contributed by atoms with Gasteiger partial charge in [0.05, 0.1) is 11.0 Å². The molecule has 0 bridgehead atoms. The van der Waals surface area contributed by atoms with E-state index in [1.165, 1.54) is 4.57 Å². The van der Waals surface area contributed by atoms with E-state index < -0.39 is 17.2 Å². The number of aromatic amines is 1. The molecule has 4 rings (SSSR count). The van der Waals surface area contributed by atoms with Crippen molar-refractivity contribution in [1.82, 2.24) is 25.0 Å². The van der Waals surface area contributed by atoms with Gasteiger partial charge in [-0.1, -0.05) is 23.4 Å². The average Bonchev–Trinajstić information content (AvgIpc) is 3.25. The topological polar surface area (TPSA) is 123 Å². The van der Waals surface area contributed by atoms with Gasteiger partial charge >= 0.3 is 11.1 Å². The van der Waals surface area contributed by atoms with Crippen LogP contribution < -0.4 is 16.4 Å². The fourth-order valence-corrected chi connectivity index (χ4v) is 3.35. The van der Waals surface area contributed by atoms with Crippen molar-refractivity contribution in [3.8, 4) is 11.4 Å². The molecular formula is C22H21N5O4. The molecule has 9 nitrogen and oxygen atoms in total. The highest BCUT2D eigenvalue weighted by Gasteiger charge is 2.19. The Morgan fingerprint density at radius 2 is 1.84 bits per heavy atom. The van der Waals surface area contributed by atoms with Crippen LogP contribution >= 0.6 is 0 Å². The quantitative estimate of drug-likeness (QED) is 0.480. The Kier molecular flexibility index (Phi) is 5.24. The molecular weight excluding hydrogens is 398 g/mol. The van der Waals surface area contributed by atoms with Crippen LogP contribution in [-0.2, 0) is 0 Å². The van der Waals surface area contributed by atoms with Crippen LogP contribution in [0.4, 0.5) is 0 Å². The zero-order chi connectivity index (χ0) is 22.1. The maximum absolute atomic E-state index is 12.3. The number of hydrogen-bond donors (Lipinski definition) is 2. The third-order valence-corrected chi connectivity index (χ3v) is 4.89. The van der Waals surface area contributed by atoms with Crippen molar-refractivity contribution in [2.75, 3.05) is 0 Å². The van der Waals surface area contributed by atoms with E-state index in [0.29, 0.717) is 28.0 Å². The number of nitrogens with one attached hydrogen (secondary N) is 2. The summed E-state index contributed by atoms with van der Waals surface area (Å²) in [4.78, 5) is 43.6. The van der Waals surface area contributed by atoms with Crippen molar-refractivity contribution in [2.45, 2.75) is 32.9 Å². The Labute approximate surface area is 176 Å². The molecule has 0 aliphatic rings. The summed E-state index contributed by atoms with van der Waals surface area (Å²) in [6.45, 7) is 5.42. The first kappa shape index (κ1) is 20.3. The molecule has 2 aromatic carbocycles. The number of hydrogen-bond acceptors (Lipinski definition) is 6. The van der Waals surface area contributed by atoms with Crippen LogP contribution in [0, 0.1) is 0 Å². The smallest absolute Gasteiger partial charge is 0.316 e. The monoisotopic (exact) mass is 419 g/mol. The lowest BCUT2D eigenvalue weighted by Crippen LogP contribution is -2.37. The van der Waals surface area contributed by atoms with Crippen LogP contribution in [0.3, 0.4) is 0 Å². The number of fused-ring (bicyclic) bond motifs is 1. The van der Waals surface area contributed by atoms with E-state index in [2.05, 4.69) is 20.4 Å². The molecule has 1 unspecified atom stereocenters. The van der Waals surface area contributed by atoms with Gasteiger partial charge in [0.2, 0.25) is 11.7 Å². The Bertz CT molecular complexity index is 1370. The Hall–Kier alpha value is -4.01. The second kappa shape index (κ2) is 8.02. The summed E-state index contributed by atoms with van der Waals surface area (Å²) in [6.07, 6.45) is 0. The van der Waals surface area contributed by atoms with E-state index in [1.54, 1.807) is 49.4 Å². The summed E-state index contributed by atoms with van der Waals surface area (Å²) in [5.41, 5.74) is 0.949. The van der Waals surface area contributed by atoms with Crippen molar-refractivity contribution in [3.05, 3.63) is 80.7 Å². The molecule has 158 valence electrons. The van der Waals surface area contributed by atoms with E-state index >= 15 is 0 Å². The van der Waals surface area contributed by atoms with Gasteiger partial charge in [-0.15, -0.1) is 0 Å². The van der Waals surface area contributed by atoms with E-state index in [4.69, 9.17) is 4.52 Å². The van der Waals surface area contributed by atoms with Crippen LogP contribution in [0.1, 0.15) is 49.1 Å². The molecule has 0 fully saturated rings. The molecule has 1 amide bonds. The Morgan fingerprint density at radius 3 is 2.55 bits per heavy atom. The molecule has 0 aliphatic carbocycles. The predicted molar refractivity (Wildman–Crippen MR) is 115 cm³/mol. The predicted octanol–water partition coefficient (Wildman–Crippen LogP) is 2.81. The first-order chi connectivity index (χ1) is 14.8. The molecule has 4 aromatic rings. The van der Waals surface area contributed by atoms with Gasteiger partial charge < -0.3 is 14.8 Å². The van der Waals surface area contributed by atoms with Crippen LogP contribution in [0.15, 0.2) is 62.6 Å². The minimum absolute atomic E-state index is 0.172. The summed E-state index contributed by atoms with van der Waals surface area (Å²) in [7, 11) is 0. The largest absolute Gasteiger partial charge is 0.341 e. The maximum Gasteiger partial charge on any atom is 0.316 e. The fourth-order valence-electron chi connectivity index (χ4n) is 3.35. The number of rotatable bonds is 5. The summed E-state index contributed by atoms with van der Waals surface area (Å²) >= 11 is 0. The molecule has 1 atom stereocenters. The standard InChI is InChI=1S/C22H21N5O4/c1-12(2)27-17-10-9-15(11-16(17)24-20(29)22(27)30)18-25-21(31-26-18)13(3)23-19(28)14-7-5-4-6-8-14/h4-13H,1-3H3,(H,23,28)(H,24,29). The molecule has 2 aromatic heterocycles. The number of benzene rings is 2. The minimum Gasteiger partial charge on any atom is -0.341 e. The minimum atomic E-state index is -0.690. The van der Waals surface area contributed by atoms with Crippen LogP contribution in [0.5, 0.6) is 0 Å². The molecule has 0 aliphatic heterocycles. The summed E-state index contributed by atoms with van der Waals surface area (Å²) in [5, 5.41) is 6.81. The van der Waals surface area contributed by atoms with Gasteiger partial charge in [0, 0.05) is 17.2 Å². The average molecular weight is 419 g/mol. The number of carbonyl (C=O) groups is 1. The number of amides is 1. The Morgan fingerprint density at radius 1 is 1.10 bits per heavy atom. The van der Waals surface area contributed by atoms with E-state index in [0.717, 1.165) is 0 Å². The summed E-state index contributed by atoms with van der Waals surface area (Å²) in [5.74, 6) is 0.309. The number of carbonyl (C=O) groups excluding carboxylic acids is 1. The van der Waals surface area contributed by atoms with Gasteiger partial charge in [0.25, 0.3) is 5.91 Å². The van der Waals surface area contributed by atoms with Gasteiger partial charge in [0.1, 0.15) is 6.04 Å². The highest BCUT2D eigenvalue weighted by atomic mass is 16.5. The Balaban J connectivity index is 1.63. The second-order valence-electron chi connectivity index (χ2n) is 7.47. The molecule has 0 saturated heterocycles. The highest BCUT2D eigenvalue weighted by Crippen LogP contribution is 2.23. The zero-order valence-electron chi connectivity index (χ0n) is 17.2. The zero-order valence-corrected chi connectivity index (χ0v) is 17.2. The molecule has 31 heavy (non-hydrogen) atoms. The molecule has 2 N–H and O–H groups in total. The number of aromatic nitrogens is 4. The molecule has 2 heterocycles. The maximum atomic E-state index is 12.3. The van der Waals surface area contributed by atoms with E-state index in [-0.39, 0.29) is 17.8 Å². The first-order valence-electron chi connectivity index (χ1n) is 9.83. The van der Waals surface area contributed by atoms with Crippen molar-refractivity contribution in [2.24, 2.45) is 0 Å². The molecule has 0 spiro atoms. The summed E-state index contributed by atoms with van der Waals surface area (Å²) in [6, 6.07) is 13.3. The van der Waals surface area contributed by atoms with Gasteiger partial charge in [-0.3, -0.25) is 19.0 Å². The third kappa shape index (κ3) is 3.89. The lowest BCUT2D eigenvalue weighted by atomic mass is 10.1. The van der Waals surface area contributed by atoms with E-state index in [9.17, 15) is 14.4 Å². The normalized spacial score (nSPS) is 12.3. The van der Waals surface area contributed by atoms with Crippen LogP contribution in [-0.4, -0.2) is 25.6 Å². The van der Waals surface area contributed by atoms with Crippen molar-refractivity contribution in [3.63, 3.8) is 0 Å². The molecule has 9 heteroatoms. The van der Waals surface area contributed by atoms with Crippen molar-refractivity contribution < 1.29 is 9.32 Å². The first-order valence-corrected chi connectivity index (χ1v) is 9.83. The van der Waals surface area contributed by atoms with Gasteiger partial charge in [0.15, 0.2) is 0 Å². The van der Waals surface area contributed by atoms with Crippen LogP contribution in [0.2, 0.25) is 0 Å². The lowest BCUT2D eigenvalue weighted by molar-refractivity contribution is 0.0932. The SMILES string of the molecule is CC(NC(=O)c1ccccc1)c1nc(-c2ccc3c(c2)[nH]c(=O)c(=O)n3C(C)C)no1. The van der Waals surface area contributed by atoms with E-state index in [1.807, 2.05) is 19.9 Å².